The predicted octanol–water partition coefficient (Wildman–Crippen LogP) is 1.97. The van der Waals surface area contributed by atoms with Crippen molar-refractivity contribution in [2.75, 3.05) is 0 Å². The number of unbranched alkanes of at least 4 members (excludes halogenated alkanes) is 1. The first-order valence-corrected chi connectivity index (χ1v) is 7.83. The Bertz CT molecular complexity index is 596. The van der Waals surface area contributed by atoms with Crippen LogP contribution in [0.15, 0.2) is 29.4 Å². The van der Waals surface area contributed by atoms with Crippen LogP contribution in [-0.4, -0.2) is 31.4 Å². The Kier molecular flexibility index (Phi) is 5.32. The molecule has 0 fully saturated rings. The highest BCUT2D eigenvalue weighted by Gasteiger charge is 2.16. The minimum atomic E-state index is -0.385. The minimum absolute atomic E-state index is 0.376. The Morgan fingerprint density at radius 3 is 2.71 bits per heavy atom. The second kappa shape index (κ2) is 7.21. The maximum Gasteiger partial charge on any atom is 0.230 e. The summed E-state index contributed by atoms with van der Waals surface area (Å²) >= 11 is 1.25. The van der Waals surface area contributed by atoms with Crippen molar-refractivity contribution >= 4 is 17.7 Å². The highest BCUT2D eigenvalue weighted by Crippen LogP contribution is 2.22. The molecule has 2 N–H and O–H groups in total. The topological polar surface area (TPSA) is 86.7 Å². The first-order chi connectivity index (χ1) is 10.1. The van der Waals surface area contributed by atoms with Crippen LogP contribution in [0, 0.1) is 0 Å². The first-order valence-electron chi connectivity index (χ1n) is 6.95. The third-order valence-electron chi connectivity index (χ3n) is 3.12. The summed E-state index contributed by atoms with van der Waals surface area (Å²) in [6, 6.07) is 8.14. The van der Waals surface area contributed by atoms with Gasteiger partial charge in [0.2, 0.25) is 11.1 Å². The van der Waals surface area contributed by atoms with Crippen molar-refractivity contribution in [1.82, 2.24) is 20.2 Å². The van der Waals surface area contributed by atoms with Gasteiger partial charge in [0.05, 0.1) is 10.9 Å². The van der Waals surface area contributed by atoms with Gasteiger partial charge in [0.1, 0.15) is 0 Å². The number of amides is 1. The number of nitrogens with zero attached hydrogens (tertiary/aromatic N) is 4. The van der Waals surface area contributed by atoms with Gasteiger partial charge in [0.25, 0.3) is 0 Å². The Morgan fingerprint density at radius 2 is 2.10 bits per heavy atom. The van der Waals surface area contributed by atoms with E-state index in [4.69, 9.17) is 5.73 Å². The molecular formula is C14H19N5OS. The number of benzene rings is 1. The molecule has 0 saturated heterocycles. The lowest BCUT2D eigenvalue weighted by atomic mass is 10.1. The quantitative estimate of drug-likeness (QED) is 0.790. The zero-order valence-electron chi connectivity index (χ0n) is 12.2. The summed E-state index contributed by atoms with van der Waals surface area (Å²) in [6.45, 7) is 3.92. The summed E-state index contributed by atoms with van der Waals surface area (Å²) in [6.07, 6.45) is 3.44. The van der Waals surface area contributed by atoms with Gasteiger partial charge in [-0.3, -0.25) is 4.79 Å². The third-order valence-corrected chi connectivity index (χ3v) is 4.17. The van der Waals surface area contributed by atoms with Gasteiger partial charge in [-0.25, -0.2) is 0 Å². The van der Waals surface area contributed by atoms with Crippen LogP contribution < -0.4 is 5.73 Å². The molecule has 0 saturated carbocycles. The smallest absolute Gasteiger partial charge is 0.230 e. The lowest BCUT2D eigenvalue weighted by Crippen LogP contribution is -2.23. The molecule has 0 aliphatic rings. The molecule has 2 rings (SSSR count). The van der Waals surface area contributed by atoms with Crippen LogP contribution in [-0.2, 0) is 11.2 Å². The van der Waals surface area contributed by atoms with Gasteiger partial charge in [-0.05, 0) is 47.9 Å². The number of rotatable bonds is 7. The summed E-state index contributed by atoms with van der Waals surface area (Å²) in [5, 5.41) is 11.8. The average Bonchev–Trinajstić information content (AvgIpc) is 2.93. The molecule has 7 heteroatoms. The molecule has 1 aromatic heterocycles. The summed E-state index contributed by atoms with van der Waals surface area (Å²) in [4.78, 5) is 11.1. The van der Waals surface area contributed by atoms with Crippen molar-refractivity contribution in [3.05, 3.63) is 29.8 Å². The van der Waals surface area contributed by atoms with E-state index < -0.39 is 0 Å². The number of carbonyl (C=O) groups is 1. The highest BCUT2D eigenvalue weighted by molar-refractivity contribution is 8.00. The van der Waals surface area contributed by atoms with E-state index in [1.165, 1.54) is 30.2 Å². The molecule has 2 aromatic rings. The number of nitrogens with two attached hydrogens (primary N) is 1. The Hall–Kier alpha value is -1.89. The fourth-order valence-electron chi connectivity index (χ4n) is 1.82. The lowest BCUT2D eigenvalue weighted by molar-refractivity contribution is -0.117. The molecule has 6 nitrogen and oxygen atoms in total. The lowest BCUT2D eigenvalue weighted by Gasteiger charge is -2.08. The molecule has 112 valence electrons. The molecule has 1 heterocycles. The number of primary amides is 1. The number of tetrazole rings is 1. The molecule has 0 unspecified atom stereocenters. The number of carbonyl (C=O) groups excluding carboxylic acids is 1. The molecule has 0 bridgehead atoms. The number of aryl methyl sites for hydroxylation is 1. The number of thioether (sulfide) groups is 1. The summed E-state index contributed by atoms with van der Waals surface area (Å²) in [5.74, 6) is -0.385. The van der Waals surface area contributed by atoms with Crippen molar-refractivity contribution in [2.45, 2.75) is 43.5 Å². The zero-order valence-corrected chi connectivity index (χ0v) is 13.0. The number of hydrogen-bond donors (Lipinski definition) is 1. The standard InChI is InChI=1S/C14H19N5OS/c1-3-4-5-11-6-8-12(9-7-11)19-14(16-17-18-19)21-10(2)13(15)20/h6-10H,3-5H2,1-2H3,(H2,15,20)/t10-/m0/s1. The molecule has 0 aliphatic carbocycles. The van der Waals surface area contributed by atoms with Crippen LogP contribution in [0.5, 0.6) is 0 Å². The van der Waals surface area contributed by atoms with Crippen molar-refractivity contribution < 1.29 is 4.79 Å². The van der Waals surface area contributed by atoms with Crippen molar-refractivity contribution in [3.63, 3.8) is 0 Å². The Morgan fingerprint density at radius 1 is 1.38 bits per heavy atom. The Balaban J connectivity index is 2.15. The molecule has 0 aliphatic heterocycles. The SMILES string of the molecule is CCCCc1ccc(-n2nnnc2S[C@@H](C)C(N)=O)cc1. The van der Waals surface area contributed by atoms with Gasteiger partial charge in [-0.15, -0.1) is 5.10 Å². The normalized spacial score (nSPS) is 12.3. The molecule has 0 radical (unpaired) electrons. The van der Waals surface area contributed by atoms with E-state index in [1.54, 1.807) is 11.6 Å². The van der Waals surface area contributed by atoms with E-state index in [0.29, 0.717) is 5.16 Å². The summed E-state index contributed by atoms with van der Waals surface area (Å²) in [7, 11) is 0. The molecule has 1 aromatic carbocycles. The van der Waals surface area contributed by atoms with Crippen LogP contribution in [0.4, 0.5) is 0 Å². The third kappa shape index (κ3) is 4.04. The second-order valence-corrected chi connectivity index (χ2v) is 6.11. The first kappa shape index (κ1) is 15.5. The number of aromatic nitrogens is 4. The highest BCUT2D eigenvalue weighted by atomic mass is 32.2. The van der Waals surface area contributed by atoms with Crippen molar-refractivity contribution in [2.24, 2.45) is 5.73 Å². The van der Waals surface area contributed by atoms with Gasteiger partial charge < -0.3 is 5.73 Å². The molecule has 0 spiro atoms. The van der Waals surface area contributed by atoms with Gasteiger partial charge in [0, 0.05) is 0 Å². The van der Waals surface area contributed by atoms with Crippen LogP contribution in [0.25, 0.3) is 5.69 Å². The van der Waals surface area contributed by atoms with Crippen molar-refractivity contribution in [3.8, 4) is 5.69 Å². The molecular weight excluding hydrogens is 286 g/mol. The monoisotopic (exact) mass is 305 g/mol. The van der Waals surface area contributed by atoms with E-state index in [-0.39, 0.29) is 11.2 Å². The molecule has 21 heavy (non-hydrogen) atoms. The van der Waals surface area contributed by atoms with Crippen LogP contribution in [0.3, 0.4) is 0 Å². The van der Waals surface area contributed by atoms with Crippen LogP contribution in [0.1, 0.15) is 32.3 Å². The maximum absolute atomic E-state index is 11.1. The Labute approximate surface area is 128 Å². The molecule has 1 atom stereocenters. The largest absolute Gasteiger partial charge is 0.369 e. The summed E-state index contributed by atoms with van der Waals surface area (Å²) < 4.78 is 1.62. The fourth-order valence-corrected chi connectivity index (χ4v) is 2.57. The van der Waals surface area contributed by atoms with Gasteiger partial charge in [0.15, 0.2) is 0 Å². The average molecular weight is 305 g/mol. The zero-order chi connectivity index (χ0) is 15.2. The van der Waals surface area contributed by atoms with Gasteiger partial charge in [-0.2, -0.15) is 4.68 Å². The fraction of sp³-hybridized carbons (Fsp3) is 0.429. The summed E-state index contributed by atoms with van der Waals surface area (Å²) in [5.41, 5.74) is 7.44. The van der Waals surface area contributed by atoms with E-state index in [9.17, 15) is 4.79 Å². The van der Waals surface area contributed by atoms with Crippen molar-refractivity contribution in [1.29, 1.82) is 0 Å². The molecule has 1 amide bonds. The second-order valence-electron chi connectivity index (χ2n) is 4.81. The van der Waals surface area contributed by atoms with Gasteiger partial charge >= 0.3 is 0 Å². The number of hydrogen-bond acceptors (Lipinski definition) is 5. The van der Waals surface area contributed by atoms with E-state index in [1.807, 2.05) is 12.1 Å². The minimum Gasteiger partial charge on any atom is -0.369 e. The van der Waals surface area contributed by atoms with Gasteiger partial charge in [-0.1, -0.05) is 37.2 Å². The van der Waals surface area contributed by atoms with Crippen LogP contribution in [0.2, 0.25) is 0 Å². The van der Waals surface area contributed by atoms with Crippen LogP contribution >= 0.6 is 11.8 Å². The van der Waals surface area contributed by atoms with E-state index >= 15 is 0 Å². The maximum atomic E-state index is 11.1. The van der Waals surface area contributed by atoms with E-state index in [2.05, 4.69) is 34.6 Å². The van der Waals surface area contributed by atoms with E-state index in [0.717, 1.165) is 12.1 Å². The predicted molar refractivity (Wildman–Crippen MR) is 82.3 cm³/mol.